The van der Waals surface area contributed by atoms with Crippen LogP contribution < -0.4 is 15.4 Å². The van der Waals surface area contributed by atoms with Gasteiger partial charge in [0.05, 0.1) is 24.7 Å². The summed E-state index contributed by atoms with van der Waals surface area (Å²) in [5.41, 5.74) is 4.84. The van der Waals surface area contributed by atoms with Crippen LogP contribution in [0.4, 0.5) is 17.2 Å². The number of hydrogen-bond acceptors (Lipinski definition) is 8. The summed E-state index contributed by atoms with van der Waals surface area (Å²) in [5, 5.41) is 19.1. The number of aryl methyl sites for hydroxylation is 1. The van der Waals surface area contributed by atoms with Gasteiger partial charge in [0.15, 0.2) is 17.8 Å². The van der Waals surface area contributed by atoms with Crippen LogP contribution in [0.1, 0.15) is 69.1 Å². The summed E-state index contributed by atoms with van der Waals surface area (Å²) in [6, 6.07) is 5.61. The van der Waals surface area contributed by atoms with Gasteiger partial charge in [0.25, 0.3) is 6.71 Å². The van der Waals surface area contributed by atoms with Gasteiger partial charge in [-0.3, -0.25) is 14.6 Å². The summed E-state index contributed by atoms with van der Waals surface area (Å²) in [6.07, 6.45) is 11.3. The fraction of sp³-hybridized carbons (Fsp3) is 0.455. The van der Waals surface area contributed by atoms with E-state index in [1.165, 1.54) is 17.1 Å². The van der Waals surface area contributed by atoms with E-state index < -0.39 is 0 Å². The Labute approximate surface area is 261 Å². The zero-order chi connectivity index (χ0) is 31.1. The van der Waals surface area contributed by atoms with E-state index in [1.807, 2.05) is 32.1 Å². The molecule has 3 aromatic rings. The molecule has 0 radical (unpaired) electrons. The number of imidazole rings is 1. The standard InChI is InChI=1S/C24H26N6O3.C8H14BN.CH4/c1-5-15(11-25-3)21-14(2)6-9-18(22(21)33-4)27-19-10-20(28-24(32)16-7-8-16)29-30-12-17(13-31)26-23(19)30;1-3-7(2)8-4-9(5-8)6-10;/h5-6,9-13,16,27H,7-8H2,1-4H3,(H,28,29,32);7-8H,3-5H2,1-2H3;1H4/b15-5+,25-11?;;. The Morgan fingerprint density at radius 2 is 2.05 bits per heavy atom. The molecule has 1 amide bonds. The van der Waals surface area contributed by atoms with Gasteiger partial charge in [0.1, 0.15) is 11.4 Å². The summed E-state index contributed by atoms with van der Waals surface area (Å²) in [5.74, 6) is 4.99. The minimum atomic E-state index is -0.0599. The number of nitriles is 1. The van der Waals surface area contributed by atoms with Crippen LogP contribution in [0.5, 0.6) is 5.75 Å². The monoisotopic (exact) mass is 597 g/mol. The third-order valence-corrected chi connectivity index (χ3v) is 8.28. The summed E-state index contributed by atoms with van der Waals surface area (Å²) < 4.78 is 7.28. The van der Waals surface area contributed by atoms with E-state index in [1.54, 1.807) is 26.4 Å². The van der Waals surface area contributed by atoms with E-state index in [0.717, 1.165) is 54.0 Å². The molecule has 0 spiro atoms. The van der Waals surface area contributed by atoms with Crippen molar-refractivity contribution in [2.45, 2.75) is 67.0 Å². The molecule has 1 aromatic carbocycles. The number of fused-ring (bicyclic) bond motifs is 1. The third-order valence-electron chi connectivity index (χ3n) is 8.28. The second-order valence-corrected chi connectivity index (χ2v) is 11.3. The summed E-state index contributed by atoms with van der Waals surface area (Å²) in [4.78, 5) is 32.1. The molecule has 1 aliphatic carbocycles. The minimum absolute atomic E-state index is 0. The molecule has 1 unspecified atom stereocenters. The number of rotatable bonds is 10. The first kappa shape index (κ1) is 34.0. The van der Waals surface area contributed by atoms with E-state index in [0.29, 0.717) is 41.6 Å². The number of aldehydes is 1. The van der Waals surface area contributed by atoms with Gasteiger partial charge in [-0.25, -0.2) is 14.8 Å². The molecule has 2 aromatic heterocycles. The van der Waals surface area contributed by atoms with Gasteiger partial charge >= 0.3 is 0 Å². The van der Waals surface area contributed by atoms with Crippen molar-refractivity contribution in [1.29, 1.82) is 5.26 Å². The Morgan fingerprint density at radius 1 is 1.32 bits per heavy atom. The van der Waals surface area contributed by atoms with E-state index in [-0.39, 0.29) is 24.9 Å². The van der Waals surface area contributed by atoms with Crippen molar-refractivity contribution in [3.05, 3.63) is 47.3 Å². The van der Waals surface area contributed by atoms with Crippen molar-refractivity contribution in [2.75, 3.05) is 24.8 Å². The molecule has 2 aliphatic rings. The number of nitrogens with zero attached hydrogens (tertiary/aromatic N) is 5. The molecular formula is C33H44BN7O3. The van der Waals surface area contributed by atoms with Crippen molar-refractivity contribution >= 4 is 53.5 Å². The smallest absolute Gasteiger partial charge is 0.268 e. The second kappa shape index (κ2) is 15.3. The molecule has 232 valence electrons. The van der Waals surface area contributed by atoms with Gasteiger partial charge in [0, 0.05) is 36.8 Å². The van der Waals surface area contributed by atoms with Crippen molar-refractivity contribution in [3.63, 3.8) is 0 Å². The Morgan fingerprint density at radius 3 is 2.61 bits per heavy atom. The third kappa shape index (κ3) is 7.73. The van der Waals surface area contributed by atoms with Crippen LogP contribution in [0, 0.1) is 35.9 Å². The van der Waals surface area contributed by atoms with Gasteiger partial charge in [-0.15, -0.1) is 5.10 Å². The number of carbonyl (C=O) groups is 2. The number of carbonyl (C=O) groups excluding carboxylic acids is 2. The first-order valence-electron chi connectivity index (χ1n) is 14.9. The van der Waals surface area contributed by atoms with Crippen LogP contribution in [0.2, 0.25) is 12.6 Å². The van der Waals surface area contributed by atoms with Gasteiger partial charge < -0.3 is 15.4 Å². The number of benzene rings is 1. The van der Waals surface area contributed by atoms with Crippen LogP contribution >= 0.6 is 0 Å². The maximum absolute atomic E-state index is 12.3. The molecule has 0 bridgehead atoms. The van der Waals surface area contributed by atoms with Crippen molar-refractivity contribution in [1.82, 2.24) is 14.6 Å². The number of amides is 1. The number of ether oxygens (including phenoxy) is 1. The fourth-order valence-corrected chi connectivity index (χ4v) is 5.26. The van der Waals surface area contributed by atoms with E-state index in [9.17, 15) is 9.59 Å². The van der Waals surface area contributed by atoms with Crippen molar-refractivity contribution < 1.29 is 14.3 Å². The first-order chi connectivity index (χ1) is 20.8. The number of methoxy groups -OCH3 is 1. The lowest BCUT2D eigenvalue weighted by atomic mass is 9.31. The summed E-state index contributed by atoms with van der Waals surface area (Å²) >= 11 is 0. The molecule has 1 saturated carbocycles. The Kier molecular flexibility index (Phi) is 11.9. The normalized spacial score (nSPS) is 15.4. The fourth-order valence-electron chi connectivity index (χ4n) is 5.26. The highest BCUT2D eigenvalue weighted by Crippen LogP contribution is 2.39. The molecule has 10 nitrogen and oxygen atoms in total. The molecule has 2 fully saturated rings. The number of aliphatic imine (C=N–C) groups is 1. The van der Waals surface area contributed by atoms with Crippen LogP contribution in [-0.4, -0.2) is 53.9 Å². The van der Waals surface area contributed by atoms with Crippen molar-refractivity contribution in [2.24, 2.45) is 22.7 Å². The molecular weight excluding hydrogens is 553 g/mol. The number of aromatic nitrogens is 3. The predicted octanol–water partition coefficient (Wildman–Crippen LogP) is 6.91. The maximum Gasteiger partial charge on any atom is 0.268 e. The predicted molar refractivity (Wildman–Crippen MR) is 179 cm³/mol. The van der Waals surface area contributed by atoms with Crippen LogP contribution in [0.15, 0.2) is 35.5 Å². The average Bonchev–Trinajstić information content (AvgIpc) is 3.76. The largest absolute Gasteiger partial charge is 0.494 e. The number of nitrogens with one attached hydrogen (secondary N) is 2. The van der Waals surface area contributed by atoms with E-state index in [4.69, 9.17) is 10.00 Å². The SMILES string of the molecule is C.C/C=C(\C=NC)c1c(C)ccc(Nc2cc(NC(=O)C3CC3)nn3cc(C=O)nc23)c1OC.CCC(C)C1CB(C#N)C1. The molecule has 1 aliphatic heterocycles. The lowest BCUT2D eigenvalue weighted by Gasteiger charge is -2.32. The Bertz CT molecular complexity index is 1580. The summed E-state index contributed by atoms with van der Waals surface area (Å²) in [6.45, 7) is 8.86. The highest BCUT2D eigenvalue weighted by atomic mass is 16.5. The van der Waals surface area contributed by atoms with Crippen LogP contribution in [-0.2, 0) is 4.79 Å². The highest BCUT2D eigenvalue weighted by molar-refractivity contribution is 6.69. The summed E-state index contributed by atoms with van der Waals surface area (Å²) in [7, 11) is 3.34. The van der Waals surface area contributed by atoms with Gasteiger partial charge in [0.2, 0.25) is 5.91 Å². The van der Waals surface area contributed by atoms with Crippen molar-refractivity contribution in [3.8, 4) is 11.7 Å². The number of allylic oxidation sites excluding steroid dienone is 2. The molecule has 1 atom stereocenters. The Hall–Kier alpha value is -4.46. The van der Waals surface area contributed by atoms with Gasteiger partial charge in [-0.2, -0.15) is 0 Å². The molecule has 11 heteroatoms. The molecule has 5 rings (SSSR count). The zero-order valence-corrected chi connectivity index (χ0v) is 25.8. The Balaban J connectivity index is 0.000000410. The molecule has 44 heavy (non-hydrogen) atoms. The topological polar surface area (TPSA) is 134 Å². The zero-order valence-electron chi connectivity index (χ0n) is 25.8. The maximum atomic E-state index is 12.3. The van der Waals surface area contributed by atoms with Gasteiger partial charge in [-0.05, 0) is 55.7 Å². The number of anilines is 3. The van der Waals surface area contributed by atoms with Crippen LogP contribution in [0.25, 0.3) is 11.2 Å². The highest BCUT2D eigenvalue weighted by Gasteiger charge is 2.35. The molecule has 3 heterocycles. The van der Waals surface area contributed by atoms with E-state index >= 15 is 0 Å². The van der Waals surface area contributed by atoms with E-state index in [2.05, 4.69) is 45.5 Å². The molecule has 1 saturated heterocycles. The molecule has 2 N–H and O–H groups in total. The minimum Gasteiger partial charge on any atom is -0.494 e. The quantitative estimate of drug-likeness (QED) is 0.147. The lowest BCUT2D eigenvalue weighted by molar-refractivity contribution is -0.117. The van der Waals surface area contributed by atoms with Crippen LogP contribution in [0.3, 0.4) is 0 Å². The van der Waals surface area contributed by atoms with Gasteiger partial charge in [-0.1, -0.05) is 52.5 Å². The average molecular weight is 598 g/mol. The second-order valence-electron chi connectivity index (χ2n) is 11.3. The first-order valence-corrected chi connectivity index (χ1v) is 14.9. The number of hydrogen-bond donors (Lipinski definition) is 2. The lowest BCUT2D eigenvalue weighted by Crippen LogP contribution is -2.33.